The number of benzene rings is 2. The number of carbonyl (C=O) groups excluding carboxylic acids is 1. The number of aromatic nitrogens is 1. The van der Waals surface area contributed by atoms with Crippen LogP contribution in [0.4, 0.5) is 10.1 Å². The van der Waals surface area contributed by atoms with E-state index in [1.54, 1.807) is 6.20 Å². The predicted octanol–water partition coefficient (Wildman–Crippen LogP) is 3.72. The lowest BCUT2D eigenvalue weighted by Crippen LogP contribution is -2.41. The molecule has 30 heavy (non-hydrogen) atoms. The van der Waals surface area contributed by atoms with E-state index in [2.05, 4.69) is 10.3 Å². The van der Waals surface area contributed by atoms with Crippen LogP contribution in [0.25, 0.3) is 10.9 Å². The zero-order valence-corrected chi connectivity index (χ0v) is 17.3. The van der Waals surface area contributed by atoms with Gasteiger partial charge in [0.05, 0.1) is 16.1 Å². The van der Waals surface area contributed by atoms with Crippen molar-refractivity contribution in [2.75, 3.05) is 18.4 Å². The van der Waals surface area contributed by atoms with Gasteiger partial charge in [-0.1, -0.05) is 6.07 Å². The van der Waals surface area contributed by atoms with E-state index in [9.17, 15) is 17.6 Å². The van der Waals surface area contributed by atoms with Crippen LogP contribution < -0.4 is 5.32 Å². The van der Waals surface area contributed by atoms with Crippen molar-refractivity contribution in [3.05, 3.63) is 66.1 Å². The lowest BCUT2D eigenvalue weighted by Gasteiger charge is -2.30. The summed E-state index contributed by atoms with van der Waals surface area (Å²) in [6, 6.07) is 12.3. The SMILES string of the molecule is Cc1ccc(NC(=O)C2CCN(S(=O)(=O)c3ccc(F)cc3)CC2)c2cccnc12. The summed E-state index contributed by atoms with van der Waals surface area (Å²) in [6.45, 7) is 2.46. The zero-order valence-electron chi connectivity index (χ0n) is 16.5. The highest BCUT2D eigenvalue weighted by Gasteiger charge is 2.32. The van der Waals surface area contributed by atoms with Crippen molar-refractivity contribution in [1.82, 2.24) is 9.29 Å². The van der Waals surface area contributed by atoms with Crippen LogP contribution in [0.2, 0.25) is 0 Å². The summed E-state index contributed by atoms with van der Waals surface area (Å²) in [7, 11) is -3.69. The molecule has 0 atom stereocenters. The number of nitrogens with one attached hydrogen (secondary N) is 1. The standard InChI is InChI=1S/C22H22FN3O3S/c1-15-4-9-20(19-3-2-12-24-21(15)19)25-22(27)16-10-13-26(14-11-16)30(28,29)18-7-5-17(23)6-8-18/h2-9,12,16H,10-11,13-14H2,1H3,(H,25,27). The van der Waals surface area contributed by atoms with E-state index in [0.29, 0.717) is 18.5 Å². The van der Waals surface area contributed by atoms with Crippen LogP contribution in [-0.4, -0.2) is 36.7 Å². The van der Waals surface area contributed by atoms with Gasteiger partial charge >= 0.3 is 0 Å². The Morgan fingerprint density at radius 1 is 1.10 bits per heavy atom. The third-order valence-electron chi connectivity index (χ3n) is 5.51. The highest BCUT2D eigenvalue weighted by Crippen LogP contribution is 2.28. The first-order valence-electron chi connectivity index (χ1n) is 9.77. The fraction of sp³-hybridized carbons (Fsp3) is 0.273. The van der Waals surface area contributed by atoms with Gasteiger partial charge in [0.2, 0.25) is 15.9 Å². The quantitative estimate of drug-likeness (QED) is 0.688. The topological polar surface area (TPSA) is 79.4 Å². The third kappa shape index (κ3) is 3.93. The molecule has 0 aliphatic carbocycles. The number of rotatable bonds is 4. The van der Waals surface area contributed by atoms with Crippen LogP contribution in [-0.2, 0) is 14.8 Å². The molecule has 1 saturated heterocycles. The number of halogens is 1. The van der Waals surface area contributed by atoms with Gasteiger partial charge in [-0.3, -0.25) is 9.78 Å². The average Bonchev–Trinajstić information content (AvgIpc) is 2.76. The number of piperidine rings is 1. The van der Waals surface area contributed by atoms with Crippen molar-refractivity contribution in [3.8, 4) is 0 Å². The summed E-state index contributed by atoms with van der Waals surface area (Å²) in [5.41, 5.74) is 2.58. The summed E-state index contributed by atoms with van der Waals surface area (Å²) >= 11 is 0. The lowest BCUT2D eigenvalue weighted by molar-refractivity contribution is -0.120. The summed E-state index contributed by atoms with van der Waals surface area (Å²) in [5, 5.41) is 3.86. The van der Waals surface area contributed by atoms with Gasteiger partial charge in [0, 0.05) is 30.6 Å². The molecule has 4 rings (SSSR count). The Kier molecular flexibility index (Phi) is 5.53. The molecule has 0 unspecified atom stereocenters. The zero-order chi connectivity index (χ0) is 21.3. The number of nitrogens with zero attached hydrogens (tertiary/aromatic N) is 2. The molecule has 8 heteroatoms. The summed E-state index contributed by atoms with van der Waals surface area (Å²) < 4.78 is 39.9. The maximum Gasteiger partial charge on any atom is 0.243 e. The van der Waals surface area contributed by atoms with Crippen LogP contribution in [0.15, 0.2) is 59.6 Å². The molecule has 0 bridgehead atoms. The molecule has 156 valence electrons. The van der Waals surface area contributed by atoms with E-state index in [1.165, 1.54) is 16.4 Å². The van der Waals surface area contributed by atoms with Crippen LogP contribution in [0.5, 0.6) is 0 Å². The van der Waals surface area contributed by atoms with Gasteiger partial charge in [0.1, 0.15) is 5.82 Å². The molecule has 0 radical (unpaired) electrons. The highest BCUT2D eigenvalue weighted by atomic mass is 32.2. The Labute approximate surface area is 174 Å². The third-order valence-corrected chi connectivity index (χ3v) is 7.42. The maximum absolute atomic E-state index is 13.1. The summed E-state index contributed by atoms with van der Waals surface area (Å²) in [6.07, 6.45) is 2.57. The van der Waals surface area contributed by atoms with E-state index >= 15 is 0 Å². The number of hydrogen-bond acceptors (Lipinski definition) is 4. The number of amides is 1. The van der Waals surface area contributed by atoms with Crippen LogP contribution in [0.1, 0.15) is 18.4 Å². The van der Waals surface area contributed by atoms with Crippen LogP contribution >= 0.6 is 0 Å². The second-order valence-corrected chi connectivity index (χ2v) is 9.39. The Bertz CT molecular complexity index is 1190. The molecule has 1 N–H and O–H groups in total. The lowest BCUT2D eigenvalue weighted by atomic mass is 9.97. The van der Waals surface area contributed by atoms with Gasteiger partial charge in [-0.25, -0.2) is 12.8 Å². The maximum atomic E-state index is 13.1. The average molecular weight is 428 g/mol. The fourth-order valence-electron chi connectivity index (χ4n) is 3.77. The number of aryl methyl sites for hydroxylation is 1. The molecule has 1 aromatic heterocycles. The largest absolute Gasteiger partial charge is 0.325 e. The second-order valence-electron chi connectivity index (χ2n) is 7.45. The van der Waals surface area contributed by atoms with Gasteiger partial charge in [-0.15, -0.1) is 0 Å². The Balaban J connectivity index is 1.44. The Morgan fingerprint density at radius 3 is 2.50 bits per heavy atom. The van der Waals surface area contributed by atoms with Crippen LogP contribution in [0.3, 0.4) is 0 Å². The molecular weight excluding hydrogens is 405 g/mol. The molecule has 2 heterocycles. The molecule has 1 amide bonds. The Morgan fingerprint density at radius 2 is 1.80 bits per heavy atom. The molecule has 1 fully saturated rings. The number of sulfonamides is 1. The predicted molar refractivity (Wildman–Crippen MR) is 113 cm³/mol. The van der Waals surface area contributed by atoms with Crippen molar-refractivity contribution in [2.24, 2.45) is 5.92 Å². The van der Waals surface area contributed by atoms with E-state index in [-0.39, 0.29) is 29.8 Å². The first kappa shape index (κ1) is 20.4. The molecule has 0 spiro atoms. The van der Waals surface area contributed by atoms with Gasteiger partial charge < -0.3 is 5.32 Å². The van der Waals surface area contributed by atoms with Crippen molar-refractivity contribution < 1.29 is 17.6 Å². The van der Waals surface area contributed by atoms with Gasteiger partial charge in [0.25, 0.3) is 0 Å². The first-order valence-corrected chi connectivity index (χ1v) is 11.2. The monoisotopic (exact) mass is 427 g/mol. The minimum absolute atomic E-state index is 0.0606. The second kappa shape index (κ2) is 8.12. The molecule has 3 aromatic rings. The van der Waals surface area contributed by atoms with Crippen molar-refractivity contribution in [3.63, 3.8) is 0 Å². The smallest absolute Gasteiger partial charge is 0.243 e. The molecule has 2 aromatic carbocycles. The van der Waals surface area contributed by atoms with E-state index in [1.807, 2.05) is 31.2 Å². The number of fused-ring (bicyclic) bond motifs is 1. The minimum atomic E-state index is -3.69. The number of anilines is 1. The van der Waals surface area contributed by atoms with Crippen LogP contribution in [0, 0.1) is 18.7 Å². The Hall–Kier alpha value is -2.84. The highest BCUT2D eigenvalue weighted by molar-refractivity contribution is 7.89. The van der Waals surface area contributed by atoms with Gasteiger partial charge in [0.15, 0.2) is 0 Å². The van der Waals surface area contributed by atoms with E-state index in [0.717, 1.165) is 28.6 Å². The molecule has 0 saturated carbocycles. The van der Waals surface area contributed by atoms with E-state index in [4.69, 9.17) is 0 Å². The normalized spacial score (nSPS) is 15.9. The molecule has 1 aliphatic rings. The van der Waals surface area contributed by atoms with Gasteiger partial charge in [-0.05, 0) is 67.8 Å². The molecule has 1 aliphatic heterocycles. The van der Waals surface area contributed by atoms with Crippen molar-refractivity contribution >= 4 is 32.5 Å². The minimum Gasteiger partial charge on any atom is -0.325 e. The van der Waals surface area contributed by atoms with Crippen molar-refractivity contribution in [1.29, 1.82) is 0 Å². The summed E-state index contributed by atoms with van der Waals surface area (Å²) in [5.74, 6) is -0.885. The fourth-order valence-corrected chi connectivity index (χ4v) is 5.24. The number of hydrogen-bond donors (Lipinski definition) is 1. The van der Waals surface area contributed by atoms with Gasteiger partial charge in [-0.2, -0.15) is 4.31 Å². The first-order chi connectivity index (χ1) is 14.4. The molecule has 6 nitrogen and oxygen atoms in total. The number of pyridine rings is 1. The number of carbonyl (C=O) groups is 1. The van der Waals surface area contributed by atoms with Crippen molar-refractivity contribution in [2.45, 2.75) is 24.7 Å². The van der Waals surface area contributed by atoms with E-state index < -0.39 is 15.8 Å². The summed E-state index contributed by atoms with van der Waals surface area (Å²) in [4.78, 5) is 17.3. The molecular formula is C22H22FN3O3S.